The van der Waals surface area contributed by atoms with E-state index in [0.717, 1.165) is 6.20 Å². The summed E-state index contributed by atoms with van der Waals surface area (Å²) < 4.78 is 26.4. The second-order valence-corrected chi connectivity index (χ2v) is 5.66. The summed E-state index contributed by atoms with van der Waals surface area (Å²) in [5.74, 6) is -0.239. The van der Waals surface area contributed by atoms with Crippen molar-refractivity contribution in [2.24, 2.45) is 0 Å². The normalized spacial score (nSPS) is 11.1. The molecule has 8 nitrogen and oxygen atoms in total. The molecule has 2 aromatic rings. The zero-order valence-electron chi connectivity index (χ0n) is 10.5. The zero-order chi connectivity index (χ0) is 14.8. The molecule has 0 fully saturated rings. The molecule has 0 saturated heterocycles. The second-order valence-electron chi connectivity index (χ2n) is 4.01. The van der Waals surface area contributed by atoms with Crippen LogP contribution >= 0.6 is 0 Å². The average Bonchev–Trinajstić information content (AvgIpc) is 2.78. The number of hydrogen-bond donors (Lipinski definition) is 4. The van der Waals surface area contributed by atoms with Crippen molar-refractivity contribution in [3.63, 3.8) is 0 Å². The smallest absolute Gasteiger partial charge is 0.267 e. The van der Waals surface area contributed by atoms with Crippen LogP contribution in [0, 0.1) is 0 Å². The maximum Gasteiger partial charge on any atom is 0.267 e. The molecule has 0 unspecified atom stereocenters. The highest BCUT2D eigenvalue weighted by Crippen LogP contribution is 2.20. The van der Waals surface area contributed by atoms with E-state index in [0.29, 0.717) is 11.4 Å². The minimum atomic E-state index is -3.79. The molecule has 1 heterocycles. The Morgan fingerprint density at radius 3 is 2.35 bits per heavy atom. The topological polar surface area (TPSA) is 130 Å². The molecule has 9 heteroatoms. The van der Waals surface area contributed by atoms with Gasteiger partial charge in [-0.15, -0.1) is 0 Å². The number of nitrogens with one attached hydrogen (secondary N) is 3. The second kappa shape index (κ2) is 5.21. The number of anilines is 3. The van der Waals surface area contributed by atoms with Gasteiger partial charge in [0.2, 0.25) is 5.91 Å². The Morgan fingerprint density at radius 2 is 1.85 bits per heavy atom. The lowest BCUT2D eigenvalue weighted by atomic mass is 10.3. The van der Waals surface area contributed by atoms with Crippen LogP contribution in [-0.4, -0.2) is 24.5 Å². The maximum atomic E-state index is 12.0. The highest BCUT2D eigenvalue weighted by molar-refractivity contribution is 7.92. The Balaban J connectivity index is 2.18. The lowest BCUT2D eigenvalue weighted by Gasteiger charge is -2.08. The fourth-order valence-electron chi connectivity index (χ4n) is 1.53. The predicted molar refractivity (Wildman–Crippen MR) is 74.6 cm³/mol. The summed E-state index contributed by atoms with van der Waals surface area (Å²) in [6.45, 7) is 1.39. The van der Waals surface area contributed by atoms with Gasteiger partial charge in [-0.1, -0.05) is 0 Å². The van der Waals surface area contributed by atoms with Crippen molar-refractivity contribution in [3.05, 3.63) is 30.5 Å². The van der Waals surface area contributed by atoms with Gasteiger partial charge in [0.05, 0.1) is 6.20 Å². The average molecular weight is 295 g/mol. The van der Waals surface area contributed by atoms with Crippen molar-refractivity contribution < 1.29 is 13.2 Å². The van der Waals surface area contributed by atoms with Crippen molar-refractivity contribution in [1.82, 2.24) is 10.2 Å². The minimum Gasteiger partial charge on any atom is -0.383 e. The summed E-state index contributed by atoms with van der Waals surface area (Å²) >= 11 is 0. The first-order valence-electron chi connectivity index (χ1n) is 5.58. The van der Waals surface area contributed by atoms with E-state index < -0.39 is 10.0 Å². The van der Waals surface area contributed by atoms with Crippen molar-refractivity contribution in [3.8, 4) is 0 Å². The number of benzene rings is 1. The summed E-state index contributed by atoms with van der Waals surface area (Å²) in [4.78, 5) is 10.8. The third kappa shape index (κ3) is 3.06. The van der Waals surface area contributed by atoms with Gasteiger partial charge in [0.25, 0.3) is 10.0 Å². The molecule has 0 aliphatic carbocycles. The number of amides is 1. The van der Waals surface area contributed by atoms with Gasteiger partial charge in [-0.3, -0.25) is 14.6 Å². The molecule has 1 amide bonds. The quantitative estimate of drug-likeness (QED) is 0.661. The first kappa shape index (κ1) is 13.9. The van der Waals surface area contributed by atoms with Gasteiger partial charge in [0.15, 0.2) is 0 Å². The first-order chi connectivity index (χ1) is 9.38. The number of nitrogen functional groups attached to an aromatic ring is 1. The van der Waals surface area contributed by atoms with E-state index in [1.165, 1.54) is 19.1 Å². The van der Waals surface area contributed by atoms with Crippen LogP contribution in [0.3, 0.4) is 0 Å². The van der Waals surface area contributed by atoms with Gasteiger partial charge in [-0.05, 0) is 24.3 Å². The molecule has 1 aromatic carbocycles. The van der Waals surface area contributed by atoms with Crippen molar-refractivity contribution in [2.75, 3.05) is 15.8 Å². The zero-order valence-corrected chi connectivity index (χ0v) is 11.4. The fourth-order valence-corrected chi connectivity index (χ4v) is 2.62. The van der Waals surface area contributed by atoms with E-state index >= 15 is 0 Å². The third-order valence-electron chi connectivity index (χ3n) is 2.38. The fraction of sp³-hybridized carbons (Fsp3) is 0.0909. The van der Waals surface area contributed by atoms with Crippen molar-refractivity contribution in [2.45, 2.75) is 11.8 Å². The first-order valence-corrected chi connectivity index (χ1v) is 7.06. The van der Waals surface area contributed by atoms with Gasteiger partial charge < -0.3 is 11.1 Å². The number of sulfonamides is 1. The predicted octanol–water partition coefficient (Wildman–Crippen LogP) is 0.751. The Morgan fingerprint density at radius 1 is 1.25 bits per heavy atom. The van der Waals surface area contributed by atoms with Gasteiger partial charge in [-0.2, -0.15) is 5.10 Å². The van der Waals surface area contributed by atoms with Crippen LogP contribution in [0.5, 0.6) is 0 Å². The summed E-state index contributed by atoms with van der Waals surface area (Å²) in [6, 6.07) is 6.22. The molecule has 0 spiro atoms. The number of H-pyrrole nitrogens is 1. The molecule has 0 atom stereocenters. The Kier molecular flexibility index (Phi) is 3.61. The lowest BCUT2D eigenvalue weighted by Crippen LogP contribution is -2.14. The number of nitrogens with two attached hydrogens (primary N) is 1. The third-order valence-corrected chi connectivity index (χ3v) is 3.79. The number of hydrogen-bond acceptors (Lipinski definition) is 5. The number of aromatic amines is 1. The Labute approximate surface area is 115 Å². The number of aromatic nitrogens is 2. The molecule has 0 saturated carbocycles. The molecule has 0 radical (unpaired) electrons. The number of carbonyl (C=O) groups is 1. The molecule has 20 heavy (non-hydrogen) atoms. The van der Waals surface area contributed by atoms with Crippen LogP contribution in [0.15, 0.2) is 35.4 Å². The van der Waals surface area contributed by atoms with Crippen molar-refractivity contribution >= 4 is 33.1 Å². The molecule has 0 aliphatic heterocycles. The van der Waals surface area contributed by atoms with Crippen LogP contribution in [0.2, 0.25) is 0 Å². The van der Waals surface area contributed by atoms with Gasteiger partial charge >= 0.3 is 0 Å². The standard InChI is InChI=1S/C11H13N5O3S/c1-7(17)14-8-2-4-9(5-3-8)16-20(18,19)10-6-13-15-11(10)12/h2-6,16H,1H3,(H,14,17)(H3,12,13,15). The number of carbonyl (C=O) groups excluding carboxylic acids is 1. The van der Waals surface area contributed by atoms with Gasteiger partial charge in [0, 0.05) is 18.3 Å². The molecule has 2 rings (SSSR count). The highest BCUT2D eigenvalue weighted by atomic mass is 32.2. The number of nitrogens with zero attached hydrogens (tertiary/aromatic N) is 1. The van der Waals surface area contributed by atoms with Gasteiger partial charge in [0.1, 0.15) is 10.7 Å². The van der Waals surface area contributed by atoms with E-state index in [1.54, 1.807) is 12.1 Å². The number of rotatable bonds is 4. The summed E-state index contributed by atoms with van der Waals surface area (Å²) in [5, 5.41) is 8.49. The molecule has 0 bridgehead atoms. The monoisotopic (exact) mass is 295 g/mol. The van der Waals surface area contributed by atoms with Crippen LogP contribution < -0.4 is 15.8 Å². The lowest BCUT2D eigenvalue weighted by molar-refractivity contribution is -0.114. The van der Waals surface area contributed by atoms with E-state index in [4.69, 9.17) is 5.73 Å². The molecular formula is C11H13N5O3S. The van der Waals surface area contributed by atoms with E-state index in [2.05, 4.69) is 20.2 Å². The van der Waals surface area contributed by atoms with Crippen LogP contribution in [0.25, 0.3) is 0 Å². The molecular weight excluding hydrogens is 282 g/mol. The van der Waals surface area contributed by atoms with Crippen LogP contribution in [0.1, 0.15) is 6.92 Å². The molecule has 1 aromatic heterocycles. The van der Waals surface area contributed by atoms with E-state index in [-0.39, 0.29) is 16.6 Å². The SMILES string of the molecule is CC(=O)Nc1ccc(NS(=O)(=O)c2cn[nH]c2N)cc1. The summed E-state index contributed by atoms with van der Waals surface area (Å²) in [5.41, 5.74) is 6.39. The van der Waals surface area contributed by atoms with E-state index in [1.807, 2.05) is 0 Å². The van der Waals surface area contributed by atoms with Crippen molar-refractivity contribution in [1.29, 1.82) is 0 Å². The van der Waals surface area contributed by atoms with E-state index in [9.17, 15) is 13.2 Å². The Bertz CT molecular complexity index is 721. The van der Waals surface area contributed by atoms with Gasteiger partial charge in [-0.25, -0.2) is 8.42 Å². The molecule has 106 valence electrons. The maximum absolute atomic E-state index is 12.0. The summed E-state index contributed by atoms with van der Waals surface area (Å²) in [6.07, 6.45) is 1.13. The molecule has 5 N–H and O–H groups in total. The largest absolute Gasteiger partial charge is 0.383 e. The minimum absolute atomic E-state index is 0.0348. The Hall–Kier alpha value is -2.55. The summed E-state index contributed by atoms with van der Waals surface area (Å²) in [7, 11) is -3.79. The highest BCUT2D eigenvalue weighted by Gasteiger charge is 2.19. The van der Waals surface area contributed by atoms with Crippen LogP contribution in [-0.2, 0) is 14.8 Å². The van der Waals surface area contributed by atoms with Crippen LogP contribution in [0.4, 0.5) is 17.2 Å². The molecule has 0 aliphatic rings.